The number of nitrogens with zero attached hydrogens (tertiary/aromatic N) is 2. The van der Waals surface area contributed by atoms with Gasteiger partial charge in [-0.1, -0.05) is 6.92 Å². The first-order valence-corrected chi connectivity index (χ1v) is 8.87. The molecule has 0 radical (unpaired) electrons. The molecule has 0 bridgehead atoms. The van der Waals surface area contributed by atoms with E-state index in [9.17, 15) is 14.4 Å². The van der Waals surface area contributed by atoms with Crippen LogP contribution < -0.4 is 27.7 Å². The summed E-state index contributed by atoms with van der Waals surface area (Å²) < 4.78 is 0.920. The van der Waals surface area contributed by atoms with Crippen molar-refractivity contribution >= 4 is 50.8 Å². The minimum absolute atomic E-state index is 0.00276. The molecule has 0 fully saturated rings. The predicted octanol–water partition coefficient (Wildman–Crippen LogP) is 0.898. The molecule has 1 atom stereocenters. The number of amides is 2. The number of aromatic amines is 1. The molecule has 2 amide bonds. The summed E-state index contributed by atoms with van der Waals surface area (Å²) in [6.07, 6.45) is 0.390. The highest BCUT2D eigenvalue weighted by Gasteiger charge is 2.20. The maximum atomic E-state index is 12.3. The van der Waals surface area contributed by atoms with Crippen molar-refractivity contribution in [2.24, 2.45) is 11.5 Å². The number of fused-ring (bicyclic) bond motifs is 1. The highest BCUT2D eigenvalue weighted by atomic mass is 32.1. The minimum Gasteiger partial charge on any atom is -0.368 e. The van der Waals surface area contributed by atoms with Crippen molar-refractivity contribution in [2.75, 3.05) is 10.6 Å². The van der Waals surface area contributed by atoms with Gasteiger partial charge in [0.15, 0.2) is 5.82 Å². The molecule has 0 saturated heterocycles. The summed E-state index contributed by atoms with van der Waals surface area (Å²) in [5.41, 5.74) is 12.7. The number of nitrogens with two attached hydrogens (primary N) is 2. The Labute approximate surface area is 157 Å². The number of carbonyl (C=O) groups is 2. The van der Waals surface area contributed by atoms with Gasteiger partial charge in [-0.05, 0) is 24.6 Å². The zero-order valence-electron chi connectivity index (χ0n) is 14.3. The molecule has 2 heterocycles. The lowest BCUT2D eigenvalue weighted by Gasteiger charge is -2.15. The number of benzene rings is 1. The molecule has 0 aliphatic rings. The Bertz CT molecular complexity index is 1080. The first-order chi connectivity index (χ1) is 12.9. The monoisotopic (exact) mass is 387 g/mol. The second kappa shape index (κ2) is 7.41. The molecule has 3 aromatic rings. The van der Waals surface area contributed by atoms with Gasteiger partial charge in [-0.25, -0.2) is 4.98 Å². The van der Waals surface area contributed by atoms with Crippen LogP contribution in [0.3, 0.4) is 0 Å². The van der Waals surface area contributed by atoms with Crippen molar-refractivity contribution in [1.82, 2.24) is 15.0 Å². The van der Waals surface area contributed by atoms with E-state index in [1.807, 2.05) is 6.07 Å². The molecule has 11 heteroatoms. The van der Waals surface area contributed by atoms with Crippen LogP contribution in [0.2, 0.25) is 0 Å². The van der Waals surface area contributed by atoms with E-state index in [1.54, 1.807) is 24.6 Å². The van der Waals surface area contributed by atoms with Gasteiger partial charge in [-0.2, -0.15) is 4.98 Å². The van der Waals surface area contributed by atoms with Gasteiger partial charge in [0.25, 0.3) is 11.5 Å². The van der Waals surface area contributed by atoms with Gasteiger partial charge in [0, 0.05) is 5.69 Å². The fourth-order valence-electron chi connectivity index (χ4n) is 2.47. The lowest BCUT2D eigenvalue weighted by molar-refractivity contribution is -0.118. The topological polar surface area (TPSA) is 169 Å². The summed E-state index contributed by atoms with van der Waals surface area (Å²) in [6, 6.07) is 4.62. The molecule has 7 N–H and O–H groups in total. The zero-order valence-corrected chi connectivity index (χ0v) is 15.1. The van der Waals surface area contributed by atoms with Gasteiger partial charge in [0.2, 0.25) is 11.9 Å². The molecule has 0 unspecified atom stereocenters. The number of aromatic nitrogens is 3. The lowest BCUT2D eigenvalue weighted by atomic mass is 10.2. The molecule has 2 aromatic heterocycles. The van der Waals surface area contributed by atoms with Gasteiger partial charge in [0.1, 0.15) is 11.6 Å². The van der Waals surface area contributed by atoms with Crippen molar-refractivity contribution in [2.45, 2.75) is 19.4 Å². The average molecular weight is 387 g/mol. The first kappa shape index (κ1) is 18.3. The maximum absolute atomic E-state index is 12.3. The van der Waals surface area contributed by atoms with Crippen LogP contribution in [0.15, 0.2) is 28.5 Å². The summed E-state index contributed by atoms with van der Waals surface area (Å²) in [5, 5.41) is 5.67. The number of rotatable bonds is 7. The third kappa shape index (κ3) is 3.87. The molecule has 1 aromatic carbocycles. The average Bonchev–Trinajstić information content (AvgIpc) is 3.06. The van der Waals surface area contributed by atoms with E-state index in [2.05, 4.69) is 25.6 Å². The number of thiazole rings is 1. The SMILES string of the molecule is CC[C@@H](Nc1nc(Nc2ccc3ncsc3c2)c(C(N)=O)c(=O)[nH]1)C(N)=O. The predicted molar refractivity (Wildman–Crippen MR) is 103 cm³/mol. The smallest absolute Gasteiger partial charge is 0.267 e. The minimum atomic E-state index is -0.932. The molecule has 27 heavy (non-hydrogen) atoms. The van der Waals surface area contributed by atoms with Crippen molar-refractivity contribution in [1.29, 1.82) is 0 Å². The highest BCUT2D eigenvalue weighted by molar-refractivity contribution is 7.16. The Kier molecular flexibility index (Phi) is 5.03. The van der Waals surface area contributed by atoms with Crippen LogP contribution in [0.4, 0.5) is 17.5 Å². The quantitative estimate of drug-likeness (QED) is 0.401. The largest absolute Gasteiger partial charge is 0.368 e. The maximum Gasteiger partial charge on any atom is 0.267 e. The number of anilines is 3. The number of nitrogens with one attached hydrogen (secondary N) is 3. The van der Waals surface area contributed by atoms with Gasteiger partial charge in [-0.15, -0.1) is 11.3 Å². The lowest BCUT2D eigenvalue weighted by Crippen LogP contribution is -2.36. The molecule has 0 aliphatic carbocycles. The van der Waals surface area contributed by atoms with E-state index in [4.69, 9.17) is 11.5 Å². The highest BCUT2D eigenvalue weighted by Crippen LogP contribution is 2.24. The third-order valence-electron chi connectivity index (χ3n) is 3.82. The van der Waals surface area contributed by atoms with Crippen LogP contribution in [0, 0.1) is 0 Å². The Morgan fingerprint density at radius 2 is 2.11 bits per heavy atom. The Morgan fingerprint density at radius 1 is 1.33 bits per heavy atom. The van der Waals surface area contributed by atoms with Crippen LogP contribution in [0.25, 0.3) is 10.2 Å². The summed E-state index contributed by atoms with van der Waals surface area (Å²) >= 11 is 1.45. The molecule has 10 nitrogen and oxygen atoms in total. The molecule has 0 aliphatic heterocycles. The van der Waals surface area contributed by atoms with Crippen LogP contribution in [0.1, 0.15) is 23.7 Å². The van der Waals surface area contributed by atoms with E-state index in [-0.39, 0.29) is 17.3 Å². The number of primary amides is 2. The van der Waals surface area contributed by atoms with Crippen molar-refractivity contribution in [3.05, 3.63) is 39.6 Å². The van der Waals surface area contributed by atoms with Crippen LogP contribution in [0.5, 0.6) is 0 Å². The van der Waals surface area contributed by atoms with Crippen molar-refractivity contribution in [3.8, 4) is 0 Å². The van der Waals surface area contributed by atoms with Crippen molar-refractivity contribution in [3.63, 3.8) is 0 Å². The third-order valence-corrected chi connectivity index (χ3v) is 4.61. The number of H-pyrrole nitrogens is 1. The fourth-order valence-corrected chi connectivity index (χ4v) is 3.19. The number of carbonyl (C=O) groups excluding carboxylic acids is 2. The Balaban J connectivity index is 2.01. The summed E-state index contributed by atoms with van der Waals surface area (Å²) in [4.78, 5) is 46.2. The van der Waals surface area contributed by atoms with Gasteiger partial charge in [-0.3, -0.25) is 19.4 Å². The van der Waals surface area contributed by atoms with Crippen LogP contribution in [-0.2, 0) is 4.79 Å². The molecule has 140 valence electrons. The number of hydrogen-bond donors (Lipinski definition) is 5. The van der Waals surface area contributed by atoms with Gasteiger partial charge < -0.3 is 22.1 Å². The normalized spacial score (nSPS) is 11.9. The zero-order chi connectivity index (χ0) is 19.6. The Morgan fingerprint density at radius 3 is 2.78 bits per heavy atom. The number of hydrogen-bond acceptors (Lipinski definition) is 8. The summed E-state index contributed by atoms with van der Waals surface area (Å²) in [7, 11) is 0. The molecule has 0 spiro atoms. The molecular weight excluding hydrogens is 370 g/mol. The van der Waals surface area contributed by atoms with E-state index in [1.165, 1.54) is 11.3 Å². The molecular formula is C16H17N7O3S. The standard InChI is InChI=1S/C16H17N7O3S/c1-2-8(12(17)24)21-16-22-14(11(13(18)25)15(26)23-16)20-7-3-4-9-10(5-7)27-6-19-9/h3-6,8H,2H2,1H3,(H2,17,24)(H2,18,25)(H3,20,21,22,23,26)/t8-/m1/s1. The Hall–Kier alpha value is -3.47. The van der Waals surface area contributed by atoms with E-state index in [0.29, 0.717) is 12.1 Å². The molecule has 3 rings (SSSR count). The molecule has 0 saturated carbocycles. The van der Waals surface area contributed by atoms with Gasteiger partial charge >= 0.3 is 0 Å². The van der Waals surface area contributed by atoms with E-state index in [0.717, 1.165) is 10.2 Å². The van der Waals surface area contributed by atoms with Crippen LogP contribution in [-0.4, -0.2) is 32.8 Å². The summed E-state index contributed by atoms with van der Waals surface area (Å²) in [6.45, 7) is 1.75. The van der Waals surface area contributed by atoms with E-state index >= 15 is 0 Å². The van der Waals surface area contributed by atoms with Crippen molar-refractivity contribution < 1.29 is 9.59 Å². The van der Waals surface area contributed by atoms with Gasteiger partial charge in [0.05, 0.1) is 15.7 Å². The van der Waals surface area contributed by atoms with Crippen LogP contribution >= 0.6 is 11.3 Å². The summed E-state index contributed by atoms with van der Waals surface area (Å²) in [5.74, 6) is -1.56. The van der Waals surface area contributed by atoms with E-state index < -0.39 is 23.4 Å². The second-order valence-electron chi connectivity index (χ2n) is 5.67. The first-order valence-electron chi connectivity index (χ1n) is 7.99. The second-order valence-corrected chi connectivity index (χ2v) is 6.56. The fraction of sp³-hybridized carbons (Fsp3) is 0.188.